The molecule has 23 heavy (non-hydrogen) atoms. The number of aryl methyl sites for hydroxylation is 1. The Labute approximate surface area is 141 Å². The zero-order valence-corrected chi connectivity index (χ0v) is 15.0. The Morgan fingerprint density at radius 3 is 2.09 bits per heavy atom. The van der Waals surface area contributed by atoms with Gasteiger partial charge in [0.25, 0.3) is 5.92 Å². The van der Waals surface area contributed by atoms with Crippen LogP contribution in [0, 0.1) is 5.92 Å². The minimum atomic E-state index is -2.72. The highest BCUT2D eigenvalue weighted by Gasteiger charge is 2.23. The molecule has 1 saturated carbocycles. The molecule has 130 valence electrons. The second-order valence-corrected chi connectivity index (χ2v) is 6.68. The van der Waals surface area contributed by atoms with Gasteiger partial charge in [0.15, 0.2) is 0 Å². The minimum Gasteiger partial charge on any atom is -0.202 e. The Morgan fingerprint density at radius 1 is 1.09 bits per heavy atom. The molecular formula is C21H32F2. The fourth-order valence-electron chi connectivity index (χ4n) is 3.07. The van der Waals surface area contributed by atoms with E-state index in [4.69, 9.17) is 0 Å². The second kappa shape index (κ2) is 9.85. The molecule has 1 aliphatic rings. The van der Waals surface area contributed by atoms with Crippen molar-refractivity contribution >= 4 is 0 Å². The molecule has 0 radical (unpaired) electrons. The Morgan fingerprint density at radius 2 is 1.65 bits per heavy atom. The van der Waals surface area contributed by atoms with Crippen LogP contribution < -0.4 is 0 Å². The predicted molar refractivity (Wildman–Crippen MR) is 96.0 cm³/mol. The summed E-state index contributed by atoms with van der Waals surface area (Å²) in [7, 11) is 0. The Kier molecular flexibility index (Phi) is 8.51. The van der Waals surface area contributed by atoms with Crippen LogP contribution in [0.3, 0.4) is 0 Å². The van der Waals surface area contributed by atoms with Crippen molar-refractivity contribution < 1.29 is 8.78 Å². The van der Waals surface area contributed by atoms with Crippen molar-refractivity contribution in [2.45, 2.75) is 78.1 Å². The molecule has 0 bridgehead atoms. The van der Waals surface area contributed by atoms with E-state index in [1.165, 1.54) is 62.7 Å². The highest BCUT2D eigenvalue weighted by Crippen LogP contribution is 2.30. The van der Waals surface area contributed by atoms with Crippen LogP contribution in [0.2, 0.25) is 0 Å². The first-order valence-electron chi connectivity index (χ1n) is 9.03. The van der Waals surface area contributed by atoms with Crippen molar-refractivity contribution in [3.05, 3.63) is 47.5 Å². The normalized spacial score (nSPS) is 15.7. The van der Waals surface area contributed by atoms with Crippen LogP contribution in [0.1, 0.15) is 76.8 Å². The van der Waals surface area contributed by atoms with E-state index in [9.17, 15) is 8.78 Å². The van der Waals surface area contributed by atoms with Crippen LogP contribution in [-0.4, -0.2) is 0 Å². The van der Waals surface area contributed by atoms with Crippen LogP contribution in [0.25, 0.3) is 0 Å². The van der Waals surface area contributed by atoms with Gasteiger partial charge in [-0.25, -0.2) is 8.78 Å². The number of hydrogen-bond acceptors (Lipinski definition) is 0. The molecule has 0 aromatic heterocycles. The average Bonchev–Trinajstić information content (AvgIpc) is 2.56. The summed E-state index contributed by atoms with van der Waals surface area (Å²) in [6, 6.07) is 6.46. The molecule has 2 heteroatoms. The van der Waals surface area contributed by atoms with Crippen LogP contribution in [0.15, 0.2) is 36.4 Å². The summed E-state index contributed by atoms with van der Waals surface area (Å²) in [4.78, 5) is 0. The summed E-state index contributed by atoms with van der Waals surface area (Å²) in [5, 5.41) is 0. The molecule has 0 N–H and O–H groups in total. The molecular weight excluding hydrogens is 290 g/mol. The summed E-state index contributed by atoms with van der Waals surface area (Å²) in [6.07, 6.45) is 10.6. The van der Waals surface area contributed by atoms with Crippen molar-refractivity contribution in [2.75, 3.05) is 0 Å². The van der Waals surface area contributed by atoms with E-state index in [-0.39, 0.29) is 5.56 Å². The lowest BCUT2D eigenvalue weighted by Crippen LogP contribution is -2.08. The van der Waals surface area contributed by atoms with Gasteiger partial charge in [0.2, 0.25) is 0 Å². The van der Waals surface area contributed by atoms with Crippen molar-refractivity contribution in [1.29, 1.82) is 0 Å². The van der Waals surface area contributed by atoms with E-state index in [1.807, 2.05) is 6.92 Å². The molecule has 2 rings (SSSR count). The van der Waals surface area contributed by atoms with Gasteiger partial charge >= 0.3 is 0 Å². The number of hydrogen-bond donors (Lipinski definition) is 0. The SMILES string of the molecule is C=C(CCC)C1CCCCC1.CCc1ccc(C(C)(F)F)cc1. The van der Waals surface area contributed by atoms with Crippen LogP contribution in [0.4, 0.5) is 8.78 Å². The van der Waals surface area contributed by atoms with Crippen LogP contribution in [0.5, 0.6) is 0 Å². The van der Waals surface area contributed by atoms with Crippen molar-refractivity contribution in [3.63, 3.8) is 0 Å². The van der Waals surface area contributed by atoms with Gasteiger partial charge in [-0.3, -0.25) is 0 Å². The molecule has 0 nitrogen and oxygen atoms in total. The van der Waals surface area contributed by atoms with Crippen LogP contribution >= 0.6 is 0 Å². The Hall–Kier alpha value is -1.18. The maximum absolute atomic E-state index is 12.7. The first-order chi connectivity index (χ1) is 10.9. The zero-order valence-electron chi connectivity index (χ0n) is 15.0. The average molecular weight is 322 g/mol. The third kappa shape index (κ3) is 7.28. The number of alkyl halides is 2. The second-order valence-electron chi connectivity index (χ2n) is 6.68. The lowest BCUT2D eigenvalue weighted by molar-refractivity contribution is 0.0174. The highest BCUT2D eigenvalue weighted by molar-refractivity contribution is 5.25. The third-order valence-corrected chi connectivity index (χ3v) is 4.62. The van der Waals surface area contributed by atoms with Gasteiger partial charge in [0.05, 0.1) is 0 Å². The molecule has 0 spiro atoms. The summed E-state index contributed by atoms with van der Waals surface area (Å²) < 4.78 is 25.4. The van der Waals surface area contributed by atoms with Gasteiger partial charge in [0.1, 0.15) is 0 Å². The zero-order chi connectivity index (χ0) is 17.3. The Balaban J connectivity index is 0.000000231. The lowest BCUT2D eigenvalue weighted by Gasteiger charge is -2.23. The molecule has 1 fully saturated rings. The van der Waals surface area contributed by atoms with Crippen molar-refractivity contribution in [2.24, 2.45) is 5.92 Å². The lowest BCUT2D eigenvalue weighted by atomic mass is 9.83. The van der Waals surface area contributed by atoms with E-state index >= 15 is 0 Å². The molecule has 1 aliphatic carbocycles. The highest BCUT2D eigenvalue weighted by atomic mass is 19.3. The summed E-state index contributed by atoms with van der Waals surface area (Å²) in [5.41, 5.74) is 2.69. The van der Waals surface area contributed by atoms with Crippen molar-refractivity contribution in [3.8, 4) is 0 Å². The molecule has 0 unspecified atom stereocenters. The number of rotatable bonds is 5. The molecule has 0 amide bonds. The van der Waals surface area contributed by atoms with Gasteiger partial charge in [-0.05, 0) is 37.2 Å². The van der Waals surface area contributed by atoms with E-state index in [2.05, 4.69) is 13.5 Å². The van der Waals surface area contributed by atoms with E-state index in [0.717, 1.165) is 24.8 Å². The van der Waals surface area contributed by atoms with E-state index in [1.54, 1.807) is 12.1 Å². The maximum atomic E-state index is 12.7. The fourth-order valence-corrected chi connectivity index (χ4v) is 3.07. The number of benzene rings is 1. The summed E-state index contributed by atoms with van der Waals surface area (Å²) in [6.45, 7) is 9.32. The predicted octanol–water partition coefficient (Wildman–Crippen LogP) is 7.28. The third-order valence-electron chi connectivity index (χ3n) is 4.62. The standard InChI is InChI=1S/C11H20.C10H12F2/c1-3-7-10(2)11-8-5-4-6-9-11;1-3-8-4-6-9(7-5-8)10(2,11)12/h11H,2-9H2,1H3;4-7H,3H2,1-2H3. The van der Waals surface area contributed by atoms with E-state index < -0.39 is 5.92 Å². The van der Waals surface area contributed by atoms with Gasteiger partial charge < -0.3 is 0 Å². The molecule has 0 saturated heterocycles. The smallest absolute Gasteiger partial charge is 0.202 e. The summed E-state index contributed by atoms with van der Waals surface area (Å²) in [5.74, 6) is -1.84. The first-order valence-corrected chi connectivity index (χ1v) is 9.03. The number of halogens is 2. The molecule has 0 heterocycles. The molecule has 0 atom stereocenters. The molecule has 1 aromatic rings. The largest absolute Gasteiger partial charge is 0.270 e. The number of allylic oxidation sites excluding steroid dienone is 1. The summed E-state index contributed by atoms with van der Waals surface area (Å²) >= 11 is 0. The van der Waals surface area contributed by atoms with Crippen LogP contribution in [-0.2, 0) is 12.3 Å². The topological polar surface area (TPSA) is 0 Å². The molecule has 1 aromatic carbocycles. The van der Waals surface area contributed by atoms with E-state index in [0.29, 0.717) is 0 Å². The minimum absolute atomic E-state index is 0.0831. The van der Waals surface area contributed by atoms with Gasteiger partial charge in [-0.1, -0.05) is 75.9 Å². The van der Waals surface area contributed by atoms with Gasteiger partial charge in [-0.15, -0.1) is 0 Å². The maximum Gasteiger partial charge on any atom is 0.270 e. The van der Waals surface area contributed by atoms with Gasteiger partial charge in [0, 0.05) is 12.5 Å². The first kappa shape index (κ1) is 19.9. The quantitative estimate of drug-likeness (QED) is 0.499. The van der Waals surface area contributed by atoms with Crippen molar-refractivity contribution in [1.82, 2.24) is 0 Å². The molecule has 0 aliphatic heterocycles. The Bertz CT molecular complexity index is 448. The fraction of sp³-hybridized carbons (Fsp3) is 0.619. The van der Waals surface area contributed by atoms with Gasteiger partial charge in [-0.2, -0.15) is 0 Å². The monoisotopic (exact) mass is 322 g/mol.